The van der Waals surface area contributed by atoms with E-state index in [-0.39, 0.29) is 5.91 Å². The zero-order chi connectivity index (χ0) is 11.4. The summed E-state index contributed by atoms with van der Waals surface area (Å²) in [5, 5.41) is 3.19. The first kappa shape index (κ1) is 12.5. The molecule has 1 N–H and O–H groups in total. The van der Waals surface area contributed by atoms with Crippen molar-refractivity contribution in [1.82, 2.24) is 15.1 Å². The molecule has 0 aliphatic carbocycles. The molecular formula is C11H23N3O. The second kappa shape index (κ2) is 5.47. The second-order valence-corrected chi connectivity index (χ2v) is 4.52. The van der Waals surface area contributed by atoms with Crippen LogP contribution in [0.15, 0.2) is 0 Å². The van der Waals surface area contributed by atoms with Crippen LogP contribution >= 0.6 is 0 Å². The molecule has 0 aromatic heterocycles. The van der Waals surface area contributed by atoms with Gasteiger partial charge in [0.1, 0.15) is 0 Å². The maximum Gasteiger partial charge on any atom is 0.223 e. The number of hydrogen-bond acceptors (Lipinski definition) is 3. The third kappa shape index (κ3) is 3.18. The lowest BCUT2D eigenvalue weighted by Gasteiger charge is -2.33. The van der Waals surface area contributed by atoms with Crippen LogP contribution < -0.4 is 5.32 Å². The van der Waals surface area contributed by atoms with Gasteiger partial charge in [0.2, 0.25) is 5.91 Å². The number of rotatable bonds is 3. The Balaban J connectivity index is 2.61. The first-order valence-corrected chi connectivity index (χ1v) is 5.70. The van der Waals surface area contributed by atoms with Gasteiger partial charge in [-0.3, -0.25) is 9.69 Å². The van der Waals surface area contributed by atoms with Crippen molar-refractivity contribution in [1.29, 1.82) is 0 Å². The first-order valence-electron chi connectivity index (χ1n) is 5.70. The molecule has 0 aromatic carbocycles. The normalized spacial score (nSPS) is 26.5. The Labute approximate surface area is 92.6 Å². The minimum atomic E-state index is 0.265. The van der Waals surface area contributed by atoms with E-state index in [2.05, 4.69) is 24.1 Å². The van der Waals surface area contributed by atoms with Crippen molar-refractivity contribution in [3.05, 3.63) is 0 Å². The predicted molar refractivity (Wildman–Crippen MR) is 61.8 cm³/mol. The fourth-order valence-electron chi connectivity index (χ4n) is 2.31. The molecule has 1 heterocycles. The predicted octanol–water partition coefficient (Wildman–Crippen LogP) is 0.147. The number of carbonyl (C=O) groups excluding carboxylic acids is 1. The smallest absolute Gasteiger partial charge is 0.223 e. The van der Waals surface area contributed by atoms with Gasteiger partial charge < -0.3 is 10.2 Å². The Kier molecular flexibility index (Phi) is 4.54. The molecular weight excluding hydrogens is 190 g/mol. The average Bonchev–Trinajstić information content (AvgIpc) is 2.28. The van der Waals surface area contributed by atoms with Crippen molar-refractivity contribution in [2.75, 3.05) is 33.7 Å². The molecule has 4 heteroatoms. The van der Waals surface area contributed by atoms with E-state index < -0.39 is 0 Å². The van der Waals surface area contributed by atoms with E-state index in [1.54, 1.807) is 0 Å². The number of amides is 1. The van der Waals surface area contributed by atoms with Crippen molar-refractivity contribution < 1.29 is 4.79 Å². The highest BCUT2D eigenvalue weighted by atomic mass is 16.2. The molecule has 2 unspecified atom stereocenters. The Bertz CT molecular complexity index is 220. The van der Waals surface area contributed by atoms with E-state index in [0.717, 1.165) is 19.6 Å². The van der Waals surface area contributed by atoms with Gasteiger partial charge in [-0.2, -0.15) is 0 Å². The van der Waals surface area contributed by atoms with Gasteiger partial charge in [0, 0.05) is 45.2 Å². The third-order valence-electron chi connectivity index (χ3n) is 3.18. The van der Waals surface area contributed by atoms with Crippen molar-refractivity contribution in [3.8, 4) is 0 Å². The molecule has 15 heavy (non-hydrogen) atoms. The largest absolute Gasteiger partial charge is 0.344 e. The summed E-state index contributed by atoms with van der Waals surface area (Å²) < 4.78 is 0. The Morgan fingerprint density at radius 2 is 2.27 bits per heavy atom. The summed E-state index contributed by atoms with van der Waals surface area (Å²) in [5.74, 6) is 0.265. The summed E-state index contributed by atoms with van der Waals surface area (Å²) >= 11 is 0. The molecule has 0 radical (unpaired) electrons. The van der Waals surface area contributed by atoms with Gasteiger partial charge in [-0.05, 0) is 20.9 Å². The minimum Gasteiger partial charge on any atom is -0.344 e. The summed E-state index contributed by atoms with van der Waals surface area (Å²) in [6, 6.07) is 0.939. The van der Waals surface area contributed by atoms with Crippen LogP contribution in [0, 0.1) is 0 Å². The highest BCUT2D eigenvalue weighted by molar-refractivity contribution is 5.76. The van der Waals surface area contributed by atoms with Crippen LogP contribution in [0.4, 0.5) is 0 Å². The zero-order valence-electron chi connectivity index (χ0n) is 10.3. The number of nitrogens with one attached hydrogen (secondary N) is 1. The standard InChI is InChI=1S/C11H23N3O/c1-9(7-12-3)14-6-5-11(15)13(4)8-10(14)2/h9-10,12H,5-8H2,1-4H3. The van der Waals surface area contributed by atoms with E-state index in [1.807, 2.05) is 19.0 Å². The van der Waals surface area contributed by atoms with Crippen molar-refractivity contribution in [2.45, 2.75) is 32.4 Å². The SMILES string of the molecule is CNCC(C)N1CCC(=O)N(C)CC1C. The van der Waals surface area contributed by atoms with Crippen LogP contribution in [0.2, 0.25) is 0 Å². The molecule has 1 amide bonds. The lowest BCUT2D eigenvalue weighted by molar-refractivity contribution is -0.129. The highest BCUT2D eigenvalue weighted by Gasteiger charge is 2.26. The van der Waals surface area contributed by atoms with E-state index in [1.165, 1.54) is 0 Å². The van der Waals surface area contributed by atoms with Crippen LogP contribution in [0.1, 0.15) is 20.3 Å². The fourth-order valence-corrected chi connectivity index (χ4v) is 2.31. The van der Waals surface area contributed by atoms with Gasteiger partial charge >= 0.3 is 0 Å². The van der Waals surface area contributed by atoms with Gasteiger partial charge in [-0.25, -0.2) is 0 Å². The second-order valence-electron chi connectivity index (χ2n) is 4.52. The summed E-state index contributed by atoms with van der Waals surface area (Å²) in [7, 11) is 3.86. The lowest BCUT2D eigenvalue weighted by Crippen LogP contribution is -2.46. The van der Waals surface area contributed by atoms with Crippen LogP contribution in [0.3, 0.4) is 0 Å². The molecule has 0 bridgehead atoms. The molecule has 88 valence electrons. The van der Waals surface area contributed by atoms with Crippen LogP contribution in [0.25, 0.3) is 0 Å². The van der Waals surface area contributed by atoms with Gasteiger partial charge in [-0.15, -0.1) is 0 Å². The topological polar surface area (TPSA) is 35.6 Å². The monoisotopic (exact) mass is 213 g/mol. The number of hydrogen-bond donors (Lipinski definition) is 1. The molecule has 1 aliphatic rings. The molecule has 0 spiro atoms. The molecule has 4 nitrogen and oxygen atoms in total. The Morgan fingerprint density at radius 1 is 1.60 bits per heavy atom. The van der Waals surface area contributed by atoms with Gasteiger partial charge in [-0.1, -0.05) is 0 Å². The average molecular weight is 213 g/mol. The summed E-state index contributed by atoms with van der Waals surface area (Å²) in [6.07, 6.45) is 0.648. The maximum absolute atomic E-state index is 11.6. The number of likely N-dealkylation sites (N-methyl/N-ethyl adjacent to an activating group) is 2. The van der Waals surface area contributed by atoms with Crippen molar-refractivity contribution in [3.63, 3.8) is 0 Å². The quantitative estimate of drug-likeness (QED) is 0.725. The molecule has 2 atom stereocenters. The van der Waals surface area contributed by atoms with Crippen molar-refractivity contribution >= 4 is 5.91 Å². The summed E-state index contributed by atoms with van der Waals surface area (Å²) in [6.45, 7) is 7.10. The van der Waals surface area contributed by atoms with Gasteiger partial charge in [0.05, 0.1) is 0 Å². The summed E-state index contributed by atoms with van der Waals surface area (Å²) in [5.41, 5.74) is 0. The van der Waals surface area contributed by atoms with Crippen LogP contribution in [0.5, 0.6) is 0 Å². The Hall–Kier alpha value is -0.610. The van der Waals surface area contributed by atoms with Crippen LogP contribution in [-0.4, -0.2) is 61.5 Å². The first-order chi connectivity index (χ1) is 7.06. The summed E-state index contributed by atoms with van der Waals surface area (Å²) in [4.78, 5) is 15.8. The molecule has 1 saturated heterocycles. The highest BCUT2D eigenvalue weighted by Crippen LogP contribution is 2.12. The lowest BCUT2D eigenvalue weighted by atomic mass is 10.2. The van der Waals surface area contributed by atoms with E-state index >= 15 is 0 Å². The third-order valence-corrected chi connectivity index (χ3v) is 3.18. The van der Waals surface area contributed by atoms with Crippen molar-refractivity contribution in [2.24, 2.45) is 0 Å². The number of carbonyl (C=O) groups is 1. The maximum atomic E-state index is 11.6. The van der Waals surface area contributed by atoms with E-state index in [4.69, 9.17) is 0 Å². The van der Waals surface area contributed by atoms with Gasteiger partial charge in [0.15, 0.2) is 0 Å². The Morgan fingerprint density at radius 3 is 2.87 bits per heavy atom. The molecule has 1 rings (SSSR count). The molecule has 0 saturated carbocycles. The van der Waals surface area contributed by atoms with Gasteiger partial charge in [0.25, 0.3) is 0 Å². The molecule has 1 aliphatic heterocycles. The fraction of sp³-hybridized carbons (Fsp3) is 0.909. The van der Waals surface area contributed by atoms with E-state index in [0.29, 0.717) is 18.5 Å². The van der Waals surface area contributed by atoms with Crippen LogP contribution in [-0.2, 0) is 4.79 Å². The zero-order valence-corrected chi connectivity index (χ0v) is 10.3. The number of nitrogens with zero attached hydrogens (tertiary/aromatic N) is 2. The minimum absolute atomic E-state index is 0.265. The molecule has 1 fully saturated rings. The van der Waals surface area contributed by atoms with E-state index in [9.17, 15) is 4.79 Å². The molecule has 0 aromatic rings.